The highest BCUT2D eigenvalue weighted by Crippen LogP contribution is 2.33. The number of carbonyl (C=O) groups is 4. The summed E-state index contributed by atoms with van der Waals surface area (Å²) in [5, 5.41) is 12.4. The van der Waals surface area contributed by atoms with Crippen molar-refractivity contribution in [3.05, 3.63) is 53.4 Å². The molecule has 224 valence electrons. The number of benzene rings is 2. The smallest absolute Gasteiger partial charge is 0.338 e. The van der Waals surface area contributed by atoms with Crippen molar-refractivity contribution < 1.29 is 38.5 Å². The van der Waals surface area contributed by atoms with Crippen LogP contribution in [-0.4, -0.2) is 67.7 Å². The van der Waals surface area contributed by atoms with E-state index in [2.05, 4.69) is 15.3 Å². The number of ether oxygens (including phenoxy) is 3. The van der Waals surface area contributed by atoms with Gasteiger partial charge in [0.25, 0.3) is 0 Å². The topological polar surface area (TPSA) is 164 Å². The molecule has 2 aromatic carbocycles. The molecule has 13 heteroatoms. The van der Waals surface area contributed by atoms with E-state index in [9.17, 15) is 24.3 Å². The zero-order valence-corrected chi connectivity index (χ0v) is 24.0. The molecular weight excluding hydrogens is 558 g/mol. The molecule has 0 bridgehead atoms. The fourth-order valence-electron chi connectivity index (χ4n) is 4.95. The number of aromatic carboxylic acids is 1. The van der Waals surface area contributed by atoms with Gasteiger partial charge in [0.2, 0.25) is 11.9 Å². The molecule has 0 atom stereocenters. The van der Waals surface area contributed by atoms with E-state index in [1.165, 1.54) is 26.0 Å². The van der Waals surface area contributed by atoms with Gasteiger partial charge in [-0.05, 0) is 38.1 Å². The Labute approximate surface area is 246 Å². The molecule has 1 amide bonds. The van der Waals surface area contributed by atoms with Gasteiger partial charge in [-0.25, -0.2) is 19.6 Å². The van der Waals surface area contributed by atoms with E-state index in [0.29, 0.717) is 52.4 Å². The Hall–Kier alpha value is -5.20. The largest absolute Gasteiger partial charge is 0.491 e. The molecule has 0 spiro atoms. The summed E-state index contributed by atoms with van der Waals surface area (Å²) >= 11 is 0. The van der Waals surface area contributed by atoms with Gasteiger partial charge in [0.15, 0.2) is 0 Å². The van der Waals surface area contributed by atoms with Crippen molar-refractivity contribution in [3.8, 4) is 11.5 Å². The van der Waals surface area contributed by atoms with Crippen molar-refractivity contribution in [1.82, 2.24) is 19.1 Å². The predicted molar refractivity (Wildman–Crippen MR) is 156 cm³/mol. The predicted octanol–water partition coefficient (Wildman–Crippen LogP) is 3.77. The minimum atomic E-state index is -1.13. The molecule has 5 rings (SSSR count). The van der Waals surface area contributed by atoms with Gasteiger partial charge in [-0.1, -0.05) is 12.2 Å². The number of Topliss-reactive ketones (excluding diaryl/α,β-unsaturated/α-hetero) is 1. The molecule has 0 aliphatic carbocycles. The quantitative estimate of drug-likeness (QED) is 0.250. The summed E-state index contributed by atoms with van der Waals surface area (Å²) in [6.45, 7) is 5.71. The lowest BCUT2D eigenvalue weighted by Gasteiger charge is -2.13. The Morgan fingerprint density at radius 3 is 2.14 bits per heavy atom. The second-order valence-corrected chi connectivity index (χ2v) is 9.98. The van der Waals surface area contributed by atoms with Crippen LogP contribution in [0.2, 0.25) is 0 Å². The fraction of sp³-hybridized carbons (Fsp3) is 0.333. The number of carbonyl (C=O) groups excluding carboxylic acids is 3. The summed E-state index contributed by atoms with van der Waals surface area (Å²) in [6.07, 6.45) is 4.20. The van der Waals surface area contributed by atoms with E-state index in [0.717, 1.165) is 0 Å². The van der Waals surface area contributed by atoms with Crippen molar-refractivity contribution in [2.24, 2.45) is 0 Å². The molecule has 0 radical (unpaired) electrons. The van der Waals surface area contributed by atoms with E-state index in [4.69, 9.17) is 14.2 Å². The number of hydrogen-bond donors (Lipinski definition) is 2. The molecule has 0 fully saturated rings. The van der Waals surface area contributed by atoms with E-state index < -0.39 is 11.9 Å². The number of amides is 1. The van der Waals surface area contributed by atoms with Gasteiger partial charge in [0.1, 0.15) is 34.1 Å². The van der Waals surface area contributed by atoms with Crippen molar-refractivity contribution in [3.63, 3.8) is 0 Å². The Bertz CT molecular complexity index is 1780. The first kappa shape index (κ1) is 29.3. The Kier molecular flexibility index (Phi) is 8.41. The van der Waals surface area contributed by atoms with E-state index in [-0.39, 0.29) is 61.6 Å². The van der Waals surface area contributed by atoms with Crippen LogP contribution < -0.4 is 14.8 Å². The second-order valence-electron chi connectivity index (χ2n) is 9.98. The average molecular weight is 590 g/mol. The highest BCUT2D eigenvalue weighted by atomic mass is 16.5. The van der Waals surface area contributed by atoms with Gasteiger partial charge in [-0.3, -0.25) is 14.9 Å². The van der Waals surface area contributed by atoms with Crippen molar-refractivity contribution >= 4 is 51.6 Å². The summed E-state index contributed by atoms with van der Waals surface area (Å²) in [5.74, 6) is -0.601. The highest BCUT2D eigenvalue weighted by molar-refractivity contribution is 5.98. The number of rotatable bonds is 6. The maximum absolute atomic E-state index is 12.6. The molecule has 3 heterocycles. The van der Waals surface area contributed by atoms with Crippen LogP contribution in [0.1, 0.15) is 53.7 Å². The lowest BCUT2D eigenvalue weighted by Crippen LogP contribution is -2.12. The normalized spacial score (nSPS) is 14.2. The number of esters is 1. The van der Waals surface area contributed by atoms with Crippen LogP contribution in [0.4, 0.5) is 5.95 Å². The van der Waals surface area contributed by atoms with Gasteiger partial charge in [-0.2, -0.15) is 0 Å². The Morgan fingerprint density at radius 2 is 1.51 bits per heavy atom. The first-order chi connectivity index (χ1) is 20.7. The molecule has 2 aromatic heterocycles. The number of hydrogen-bond acceptors (Lipinski definition) is 9. The number of carboxylic acids is 1. The monoisotopic (exact) mass is 589 g/mol. The van der Waals surface area contributed by atoms with Gasteiger partial charge in [0.05, 0.1) is 48.4 Å². The van der Waals surface area contributed by atoms with Gasteiger partial charge in [0, 0.05) is 26.4 Å². The molecule has 0 saturated heterocycles. The minimum Gasteiger partial charge on any atom is -0.491 e. The molecule has 2 N–H and O–H groups in total. The number of imidazole rings is 2. The summed E-state index contributed by atoms with van der Waals surface area (Å²) in [7, 11) is 0. The number of allylic oxidation sites excluding steroid dienone is 2. The summed E-state index contributed by atoms with van der Waals surface area (Å²) in [6, 6.07) is 6.10. The number of carboxylic acid groups (broad SMARTS) is 1. The first-order valence-corrected chi connectivity index (χ1v) is 13.8. The molecule has 1 aliphatic rings. The molecule has 13 nitrogen and oxygen atoms in total. The summed E-state index contributed by atoms with van der Waals surface area (Å²) in [4.78, 5) is 57.7. The Morgan fingerprint density at radius 1 is 0.907 bits per heavy atom. The third-order valence-corrected chi connectivity index (χ3v) is 6.69. The lowest BCUT2D eigenvalue weighted by atomic mass is 10.2. The van der Waals surface area contributed by atoms with Crippen LogP contribution in [0.3, 0.4) is 0 Å². The third-order valence-electron chi connectivity index (χ3n) is 6.69. The van der Waals surface area contributed by atoms with E-state index >= 15 is 0 Å². The van der Waals surface area contributed by atoms with E-state index in [1.807, 2.05) is 16.7 Å². The zero-order valence-electron chi connectivity index (χ0n) is 24.0. The van der Waals surface area contributed by atoms with E-state index in [1.54, 1.807) is 23.6 Å². The number of ketones is 1. The molecule has 1 aliphatic heterocycles. The summed E-state index contributed by atoms with van der Waals surface area (Å²) < 4.78 is 21.0. The number of aromatic nitrogens is 4. The molecule has 43 heavy (non-hydrogen) atoms. The van der Waals surface area contributed by atoms with Crippen LogP contribution in [0.15, 0.2) is 36.4 Å². The van der Waals surface area contributed by atoms with Crippen LogP contribution >= 0.6 is 0 Å². The van der Waals surface area contributed by atoms with Crippen LogP contribution in [0.5, 0.6) is 11.5 Å². The highest BCUT2D eigenvalue weighted by Gasteiger charge is 2.22. The van der Waals surface area contributed by atoms with Crippen LogP contribution in [-0.2, 0) is 33.8 Å². The van der Waals surface area contributed by atoms with Gasteiger partial charge >= 0.3 is 11.9 Å². The third kappa shape index (κ3) is 6.20. The average Bonchev–Trinajstić information content (AvgIpc) is 3.46. The van der Waals surface area contributed by atoms with Gasteiger partial charge < -0.3 is 28.5 Å². The lowest BCUT2D eigenvalue weighted by molar-refractivity contribution is -0.116. The first-order valence-electron chi connectivity index (χ1n) is 13.8. The number of nitrogens with one attached hydrogen (secondary N) is 1. The molecule has 4 aromatic rings. The summed E-state index contributed by atoms with van der Waals surface area (Å²) in [5.41, 5.74) is 2.27. The standard InChI is InChI=1S/C30H31N5O8/c1-4-41-29(40)20-14-22-27-24(16-20)43-11-7-10-42-23-15-19(28(38)39)13-21-26(23)34(25(32-21)12-17(2)36)8-5-6-9-35(27)30(33-22)31-18(3)37/h5-6,13-16H,4,7-12H2,1-3H3,(H,38,39)(H,31,33,37)/b6-5+. The fourth-order valence-corrected chi connectivity index (χ4v) is 4.95. The molecular formula is C30H31N5O8. The second kappa shape index (κ2) is 12.3. The van der Waals surface area contributed by atoms with Crippen LogP contribution in [0, 0.1) is 0 Å². The number of anilines is 1. The minimum absolute atomic E-state index is 0.0155. The van der Waals surface area contributed by atoms with Gasteiger partial charge in [-0.15, -0.1) is 0 Å². The number of nitrogens with zero attached hydrogens (tertiary/aromatic N) is 4. The zero-order chi connectivity index (χ0) is 30.7. The maximum Gasteiger partial charge on any atom is 0.338 e. The maximum atomic E-state index is 12.6. The van der Waals surface area contributed by atoms with Crippen molar-refractivity contribution in [2.75, 3.05) is 25.1 Å². The molecule has 0 saturated carbocycles. The molecule has 0 unspecified atom stereocenters. The van der Waals surface area contributed by atoms with Crippen LogP contribution in [0.25, 0.3) is 22.1 Å². The van der Waals surface area contributed by atoms with Crippen molar-refractivity contribution in [1.29, 1.82) is 0 Å². The van der Waals surface area contributed by atoms with Crippen molar-refractivity contribution in [2.45, 2.75) is 46.7 Å². The SMILES string of the molecule is CCOC(=O)c1cc2c3c(c1)nc(NC(C)=O)n3C/C=C/Cn1c(CC(C)=O)nc3cc(C(=O)O)cc(c31)OCCCO2. The Balaban J connectivity index is 1.62.